The summed E-state index contributed by atoms with van der Waals surface area (Å²) in [5.41, 5.74) is 7.23. The molecule has 0 saturated carbocycles. The number of methoxy groups -OCH3 is 1. The van der Waals surface area contributed by atoms with Gasteiger partial charge >= 0.3 is 5.97 Å². The number of fused-ring (bicyclic) bond motifs is 4. The van der Waals surface area contributed by atoms with Crippen molar-refractivity contribution in [2.75, 3.05) is 24.3 Å². The van der Waals surface area contributed by atoms with Crippen molar-refractivity contribution in [2.24, 2.45) is 0 Å². The van der Waals surface area contributed by atoms with Crippen molar-refractivity contribution >= 4 is 61.8 Å². The normalized spacial score (nSPS) is 11.2. The maximum Gasteiger partial charge on any atom is 0.337 e. The predicted octanol–water partition coefficient (Wildman–Crippen LogP) is 8.03. The van der Waals surface area contributed by atoms with E-state index in [0.29, 0.717) is 30.6 Å². The summed E-state index contributed by atoms with van der Waals surface area (Å²) >= 11 is 6.61. The van der Waals surface area contributed by atoms with Crippen molar-refractivity contribution in [3.8, 4) is 11.1 Å². The van der Waals surface area contributed by atoms with Gasteiger partial charge in [-0.1, -0.05) is 60.1 Å². The van der Waals surface area contributed by atoms with E-state index in [1.807, 2.05) is 54.7 Å². The van der Waals surface area contributed by atoms with E-state index >= 15 is 0 Å². The fourth-order valence-corrected chi connectivity index (χ4v) is 5.85. The van der Waals surface area contributed by atoms with Crippen LogP contribution in [0.15, 0.2) is 103 Å². The second kappa shape index (κ2) is 12.3. The fraction of sp³-hybridized carbons (Fsp3) is 0.111. The zero-order chi connectivity index (χ0) is 30.8. The lowest BCUT2D eigenvalue weighted by Gasteiger charge is -2.11. The van der Waals surface area contributed by atoms with Crippen LogP contribution in [0, 0.1) is 0 Å². The van der Waals surface area contributed by atoms with Crippen molar-refractivity contribution in [1.82, 2.24) is 19.9 Å². The molecule has 3 heterocycles. The second-order valence-corrected chi connectivity index (χ2v) is 11.1. The van der Waals surface area contributed by atoms with Crippen molar-refractivity contribution in [1.29, 1.82) is 0 Å². The smallest absolute Gasteiger partial charge is 0.337 e. The molecule has 45 heavy (non-hydrogen) atoms. The Morgan fingerprint density at radius 1 is 0.867 bits per heavy atom. The van der Waals surface area contributed by atoms with Gasteiger partial charge in [-0.3, -0.25) is 4.98 Å². The van der Waals surface area contributed by atoms with Gasteiger partial charge in [-0.25, -0.2) is 14.8 Å². The molecule has 0 bridgehead atoms. The summed E-state index contributed by atoms with van der Waals surface area (Å²) in [6, 6.07) is 29.8. The van der Waals surface area contributed by atoms with E-state index in [9.17, 15) is 4.79 Å². The number of ether oxygens (including phenoxy) is 1. The summed E-state index contributed by atoms with van der Waals surface area (Å²) in [5.74, 6) is 1.20. The van der Waals surface area contributed by atoms with Gasteiger partial charge < -0.3 is 20.4 Å². The predicted molar refractivity (Wildman–Crippen MR) is 181 cm³/mol. The van der Waals surface area contributed by atoms with Crippen LogP contribution < -0.4 is 10.6 Å². The quantitative estimate of drug-likeness (QED) is 0.112. The number of benzene rings is 4. The highest BCUT2D eigenvalue weighted by atomic mass is 35.5. The van der Waals surface area contributed by atoms with Crippen LogP contribution in [0.1, 0.15) is 21.7 Å². The summed E-state index contributed by atoms with van der Waals surface area (Å²) < 4.78 is 4.89. The SMILES string of the molecule is COC(=O)c1ccc2c(c1)nc(NCCc1nc3ccc(NCc4ccc(-c5ccccc5)c(Cl)c4)cc3[nH]1)c1ccncc12. The molecule has 0 aliphatic rings. The molecule has 0 atom stereocenters. The molecule has 222 valence electrons. The number of anilines is 2. The Morgan fingerprint density at radius 3 is 2.60 bits per heavy atom. The van der Waals surface area contributed by atoms with E-state index in [-0.39, 0.29) is 0 Å². The maximum absolute atomic E-state index is 12.1. The van der Waals surface area contributed by atoms with Gasteiger partial charge in [0.15, 0.2) is 0 Å². The summed E-state index contributed by atoms with van der Waals surface area (Å²) in [5, 5.41) is 10.5. The van der Waals surface area contributed by atoms with Gasteiger partial charge in [-0.2, -0.15) is 0 Å². The van der Waals surface area contributed by atoms with Crippen molar-refractivity contribution in [3.63, 3.8) is 0 Å². The minimum Gasteiger partial charge on any atom is -0.465 e. The molecular weight excluding hydrogens is 584 g/mol. The van der Waals surface area contributed by atoms with Crippen LogP contribution in [0.2, 0.25) is 5.02 Å². The highest BCUT2D eigenvalue weighted by Crippen LogP contribution is 2.30. The maximum atomic E-state index is 12.1. The molecule has 0 unspecified atom stereocenters. The van der Waals surface area contributed by atoms with Crippen LogP contribution in [-0.4, -0.2) is 39.6 Å². The van der Waals surface area contributed by atoms with E-state index in [0.717, 1.165) is 66.2 Å². The van der Waals surface area contributed by atoms with Crippen LogP contribution in [0.3, 0.4) is 0 Å². The summed E-state index contributed by atoms with van der Waals surface area (Å²) in [6.07, 6.45) is 4.24. The van der Waals surface area contributed by atoms with E-state index in [1.54, 1.807) is 18.3 Å². The Morgan fingerprint density at radius 2 is 1.76 bits per heavy atom. The third kappa shape index (κ3) is 5.88. The first kappa shape index (κ1) is 28.3. The van der Waals surface area contributed by atoms with Gasteiger partial charge in [0.2, 0.25) is 0 Å². The molecular formula is C36H29ClN6O2. The Hall–Kier alpha value is -5.47. The third-order valence-corrected chi connectivity index (χ3v) is 8.13. The monoisotopic (exact) mass is 612 g/mol. The standard InChI is InChI=1S/C36H29ClN6O2/c1-45-36(44)24-8-11-27-29-21-38-15-13-28(29)35(43-32(27)18-24)39-16-14-34-41-31-12-9-25(19-33(31)42-34)40-20-22-7-10-26(30(37)17-22)23-5-3-2-4-6-23/h2-13,15,17-19,21,40H,14,16,20H2,1H3,(H,39,43)(H,41,42). The number of rotatable bonds is 9. The number of hydrogen-bond donors (Lipinski definition) is 3. The van der Waals surface area contributed by atoms with Gasteiger partial charge in [-0.15, -0.1) is 0 Å². The first-order valence-corrected chi connectivity index (χ1v) is 15.0. The molecule has 0 fully saturated rings. The number of imidazole rings is 1. The minimum atomic E-state index is -0.398. The lowest BCUT2D eigenvalue weighted by molar-refractivity contribution is 0.0601. The topological polar surface area (TPSA) is 105 Å². The highest BCUT2D eigenvalue weighted by Gasteiger charge is 2.13. The Bertz CT molecular complexity index is 2180. The Labute approximate surface area is 264 Å². The third-order valence-electron chi connectivity index (χ3n) is 7.82. The van der Waals surface area contributed by atoms with Crippen LogP contribution in [0.4, 0.5) is 11.5 Å². The molecule has 9 heteroatoms. The first-order valence-electron chi connectivity index (χ1n) is 14.6. The highest BCUT2D eigenvalue weighted by molar-refractivity contribution is 6.33. The molecule has 0 aliphatic heterocycles. The van der Waals surface area contributed by atoms with Crippen molar-refractivity contribution < 1.29 is 9.53 Å². The number of H-pyrrole nitrogens is 1. The molecule has 3 aromatic heterocycles. The summed E-state index contributed by atoms with van der Waals surface area (Å²) in [6.45, 7) is 1.26. The van der Waals surface area contributed by atoms with E-state index < -0.39 is 5.97 Å². The second-order valence-electron chi connectivity index (χ2n) is 10.7. The average molecular weight is 613 g/mol. The van der Waals surface area contributed by atoms with Crippen LogP contribution in [0.25, 0.3) is 43.8 Å². The Kier molecular flexibility index (Phi) is 7.71. The van der Waals surface area contributed by atoms with Crippen LogP contribution in [-0.2, 0) is 17.7 Å². The lowest BCUT2D eigenvalue weighted by Crippen LogP contribution is -2.08. The molecule has 0 radical (unpaired) electrons. The largest absolute Gasteiger partial charge is 0.465 e. The number of esters is 1. The number of halogens is 1. The Balaban J connectivity index is 1.03. The fourth-order valence-electron chi connectivity index (χ4n) is 5.54. The molecule has 7 rings (SSSR count). The molecule has 8 nitrogen and oxygen atoms in total. The molecule has 4 aromatic carbocycles. The minimum absolute atomic E-state index is 0.398. The van der Waals surface area contributed by atoms with Crippen molar-refractivity contribution in [2.45, 2.75) is 13.0 Å². The van der Waals surface area contributed by atoms with E-state index in [4.69, 9.17) is 26.3 Å². The molecule has 7 aromatic rings. The van der Waals surface area contributed by atoms with Gasteiger partial charge in [0.25, 0.3) is 0 Å². The zero-order valence-corrected chi connectivity index (χ0v) is 25.2. The number of pyridine rings is 2. The first-order chi connectivity index (χ1) is 22.1. The lowest BCUT2D eigenvalue weighted by atomic mass is 10.0. The number of nitrogens with one attached hydrogen (secondary N) is 3. The van der Waals surface area contributed by atoms with Crippen LogP contribution in [0.5, 0.6) is 0 Å². The van der Waals surface area contributed by atoms with E-state index in [1.165, 1.54) is 7.11 Å². The van der Waals surface area contributed by atoms with Crippen molar-refractivity contribution in [3.05, 3.63) is 125 Å². The van der Waals surface area contributed by atoms with Gasteiger partial charge in [0, 0.05) is 64.3 Å². The van der Waals surface area contributed by atoms with Gasteiger partial charge in [0.05, 0.1) is 29.2 Å². The summed E-state index contributed by atoms with van der Waals surface area (Å²) in [4.78, 5) is 29.5. The summed E-state index contributed by atoms with van der Waals surface area (Å²) in [7, 11) is 1.37. The number of nitrogens with zero attached hydrogens (tertiary/aromatic N) is 3. The number of carbonyl (C=O) groups excluding carboxylic acids is 1. The molecule has 0 aliphatic carbocycles. The molecule has 0 saturated heterocycles. The van der Waals surface area contributed by atoms with Gasteiger partial charge in [-0.05, 0) is 53.6 Å². The zero-order valence-electron chi connectivity index (χ0n) is 24.5. The number of aromatic nitrogens is 4. The average Bonchev–Trinajstić information content (AvgIpc) is 3.49. The van der Waals surface area contributed by atoms with Crippen LogP contribution >= 0.6 is 11.6 Å². The van der Waals surface area contributed by atoms with E-state index in [2.05, 4.69) is 50.9 Å². The van der Waals surface area contributed by atoms with Gasteiger partial charge in [0.1, 0.15) is 11.6 Å². The number of carbonyl (C=O) groups is 1. The molecule has 3 N–H and O–H groups in total. The molecule has 0 spiro atoms. The molecule has 0 amide bonds. The number of aromatic amines is 1. The number of hydrogen-bond acceptors (Lipinski definition) is 7.